The van der Waals surface area contributed by atoms with Crippen LogP contribution >= 0.6 is 0 Å². The topological polar surface area (TPSA) is 90.1 Å². The largest absolute Gasteiger partial charge is 0.352 e. The third kappa shape index (κ3) is 6.20. The molecule has 1 fully saturated rings. The van der Waals surface area contributed by atoms with Crippen LogP contribution in [0.2, 0.25) is 0 Å². The van der Waals surface area contributed by atoms with E-state index in [9.17, 15) is 9.59 Å². The molecular weight excluding hydrogens is 414 g/mol. The summed E-state index contributed by atoms with van der Waals surface area (Å²) < 4.78 is 0. The Kier molecular flexibility index (Phi) is 7.40. The number of hydrogen-bond donors (Lipinski definition) is 3. The van der Waals surface area contributed by atoms with Crippen molar-refractivity contribution in [3.8, 4) is 0 Å². The molecule has 3 N–H and O–H groups in total. The van der Waals surface area contributed by atoms with E-state index in [-0.39, 0.29) is 11.8 Å². The van der Waals surface area contributed by atoms with Crippen molar-refractivity contribution in [1.82, 2.24) is 20.2 Å². The van der Waals surface area contributed by atoms with Crippen LogP contribution in [0.3, 0.4) is 0 Å². The highest BCUT2D eigenvalue weighted by Crippen LogP contribution is 2.18. The summed E-state index contributed by atoms with van der Waals surface area (Å²) in [5, 5.41) is 5.82. The smallest absolute Gasteiger partial charge is 0.251 e. The fourth-order valence-corrected chi connectivity index (χ4v) is 4.47. The summed E-state index contributed by atoms with van der Waals surface area (Å²) in [6, 6.07) is 14.0. The molecule has 0 radical (unpaired) electrons. The van der Waals surface area contributed by atoms with Gasteiger partial charge in [0, 0.05) is 43.7 Å². The van der Waals surface area contributed by atoms with Gasteiger partial charge in [0.2, 0.25) is 5.91 Å². The van der Waals surface area contributed by atoms with Crippen LogP contribution in [0.15, 0.2) is 42.5 Å². The average Bonchev–Trinajstić information content (AvgIpc) is 3.20. The maximum atomic E-state index is 12.6. The van der Waals surface area contributed by atoms with Crippen molar-refractivity contribution < 1.29 is 9.59 Å². The summed E-state index contributed by atoms with van der Waals surface area (Å²) in [6.07, 6.45) is 5.50. The van der Waals surface area contributed by atoms with E-state index in [1.165, 1.54) is 32.7 Å². The Balaban J connectivity index is 1.31. The number of nitrogens with one attached hydrogen (secondary N) is 3. The molecule has 1 aliphatic heterocycles. The lowest BCUT2D eigenvalue weighted by molar-refractivity contribution is -0.114. The number of anilines is 1. The Morgan fingerprint density at radius 1 is 1.15 bits per heavy atom. The molecule has 0 aliphatic carbocycles. The Bertz CT molecular complexity index is 1110. The fraction of sp³-hybridized carbons (Fsp3) is 0.423. The van der Waals surface area contributed by atoms with E-state index in [2.05, 4.69) is 32.4 Å². The molecule has 1 aromatic heterocycles. The van der Waals surface area contributed by atoms with Crippen LogP contribution < -0.4 is 10.6 Å². The number of H-pyrrole nitrogens is 1. The first-order valence-corrected chi connectivity index (χ1v) is 11.9. The Hall–Kier alpha value is -3.19. The average molecular weight is 448 g/mol. The van der Waals surface area contributed by atoms with Gasteiger partial charge in [0.15, 0.2) is 0 Å². The summed E-state index contributed by atoms with van der Waals surface area (Å²) in [4.78, 5) is 34.3. The molecule has 0 saturated carbocycles. The zero-order valence-corrected chi connectivity index (χ0v) is 19.5. The zero-order valence-electron chi connectivity index (χ0n) is 19.5. The summed E-state index contributed by atoms with van der Waals surface area (Å²) in [5.41, 5.74) is 4.20. The monoisotopic (exact) mass is 447 g/mol. The van der Waals surface area contributed by atoms with E-state index < -0.39 is 0 Å². The van der Waals surface area contributed by atoms with Gasteiger partial charge in [0.05, 0.1) is 11.0 Å². The highest BCUT2D eigenvalue weighted by Gasteiger charge is 2.17. The number of nitrogens with zero attached hydrogens (tertiary/aromatic N) is 2. The normalized spacial score (nSPS) is 16.6. The van der Waals surface area contributed by atoms with Gasteiger partial charge in [-0.3, -0.25) is 9.59 Å². The first kappa shape index (κ1) is 23.0. The van der Waals surface area contributed by atoms with Crippen molar-refractivity contribution >= 4 is 28.5 Å². The number of carbonyl (C=O) groups excluding carboxylic acids is 2. The maximum absolute atomic E-state index is 12.6. The molecule has 3 aromatic rings. The SMILES string of the molecule is CC(=O)Nc1ccc(Cc2nc3ccc(C(=O)NCCCN4CCCC[C@H]4C)cc3[nH]2)cc1. The first-order chi connectivity index (χ1) is 16.0. The van der Waals surface area contributed by atoms with Gasteiger partial charge >= 0.3 is 0 Å². The number of hydrogen-bond acceptors (Lipinski definition) is 4. The number of amides is 2. The number of imidazole rings is 1. The van der Waals surface area contributed by atoms with Crippen LogP contribution in [0.4, 0.5) is 5.69 Å². The molecule has 0 spiro atoms. The van der Waals surface area contributed by atoms with E-state index in [1.54, 1.807) is 0 Å². The Morgan fingerprint density at radius 2 is 1.97 bits per heavy atom. The second-order valence-electron chi connectivity index (χ2n) is 8.96. The molecule has 1 saturated heterocycles. The third-order valence-corrected chi connectivity index (χ3v) is 6.29. The minimum absolute atomic E-state index is 0.0479. The van der Waals surface area contributed by atoms with Crippen molar-refractivity contribution in [1.29, 1.82) is 0 Å². The van der Waals surface area contributed by atoms with Gasteiger partial charge in [-0.15, -0.1) is 0 Å². The molecule has 174 valence electrons. The van der Waals surface area contributed by atoms with E-state index in [0.29, 0.717) is 24.6 Å². The van der Waals surface area contributed by atoms with Crippen LogP contribution in [-0.4, -0.2) is 52.4 Å². The number of piperidine rings is 1. The summed E-state index contributed by atoms with van der Waals surface area (Å²) in [7, 11) is 0. The van der Waals surface area contributed by atoms with Crippen molar-refractivity contribution in [2.24, 2.45) is 0 Å². The summed E-state index contributed by atoms with van der Waals surface area (Å²) in [6.45, 7) is 6.69. The number of aromatic amines is 1. The zero-order chi connectivity index (χ0) is 23.2. The van der Waals surface area contributed by atoms with E-state index in [1.807, 2.05) is 42.5 Å². The molecule has 1 atom stereocenters. The Morgan fingerprint density at radius 3 is 2.73 bits per heavy atom. The number of fused-ring (bicyclic) bond motifs is 1. The number of aromatic nitrogens is 2. The highest BCUT2D eigenvalue weighted by molar-refractivity contribution is 5.97. The van der Waals surface area contributed by atoms with Crippen molar-refractivity contribution in [3.63, 3.8) is 0 Å². The molecule has 0 bridgehead atoms. The van der Waals surface area contributed by atoms with E-state index in [4.69, 9.17) is 0 Å². The molecule has 2 amide bonds. The van der Waals surface area contributed by atoms with Gasteiger partial charge in [-0.1, -0.05) is 18.6 Å². The van der Waals surface area contributed by atoms with Gasteiger partial charge in [0.1, 0.15) is 5.82 Å². The van der Waals surface area contributed by atoms with Crippen molar-refractivity contribution in [3.05, 3.63) is 59.4 Å². The third-order valence-electron chi connectivity index (χ3n) is 6.29. The fourth-order valence-electron chi connectivity index (χ4n) is 4.47. The number of rotatable bonds is 8. The lowest BCUT2D eigenvalue weighted by Gasteiger charge is -2.33. The van der Waals surface area contributed by atoms with Crippen LogP contribution in [-0.2, 0) is 11.2 Å². The molecule has 0 unspecified atom stereocenters. The molecule has 4 rings (SSSR count). The Labute approximate surface area is 195 Å². The molecule has 7 nitrogen and oxygen atoms in total. The predicted molar refractivity (Wildman–Crippen MR) is 131 cm³/mol. The quantitative estimate of drug-likeness (QED) is 0.454. The van der Waals surface area contributed by atoms with Gasteiger partial charge in [-0.25, -0.2) is 4.98 Å². The predicted octanol–water partition coefficient (Wildman–Crippen LogP) is 4.11. The van der Waals surface area contributed by atoms with Crippen LogP contribution in [0.25, 0.3) is 11.0 Å². The molecule has 7 heteroatoms. The maximum Gasteiger partial charge on any atom is 0.251 e. The van der Waals surface area contributed by atoms with Gasteiger partial charge in [0.25, 0.3) is 5.91 Å². The lowest BCUT2D eigenvalue weighted by Crippen LogP contribution is -2.39. The number of likely N-dealkylation sites (tertiary alicyclic amines) is 1. The van der Waals surface area contributed by atoms with Gasteiger partial charge in [-0.2, -0.15) is 0 Å². The second kappa shape index (κ2) is 10.6. The number of benzene rings is 2. The van der Waals surface area contributed by atoms with Crippen LogP contribution in [0.1, 0.15) is 61.3 Å². The molecule has 2 heterocycles. The van der Waals surface area contributed by atoms with Gasteiger partial charge in [-0.05, 0) is 68.6 Å². The minimum Gasteiger partial charge on any atom is -0.352 e. The molecule has 1 aliphatic rings. The van der Waals surface area contributed by atoms with E-state index in [0.717, 1.165) is 41.1 Å². The summed E-state index contributed by atoms with van der Waals surface area (Å²) in [5.74, 6) is 0.704. The van der Waals surface area contributed by atoms with Crippen LogP contribution in [0, 0.1) is 0 Å². The minimum atomic E-state index is -0.0866. The number of carbonyl (C=O) groups is 2. The second-order valence-corrected chi connectivity index (χ2v) is 8.96. The van der Waals surface area contributed by atoms with E-state index >= 15 is 0 Å². The molecule has 33 heavy (non-hydrogen) atoms. The standard InChI is InChI=1S/C26H33N5O2/c1-18-6-3-4-14-31(18)15-5-13-27-26(33)21-9-12-23-24(17-21)30-25(29-23)16-20-7-10-22(11-8-20)28-19(2)32/h7-12,17-18H,3-6,13-16H2,1-2H3,(H,27,33)(H,28,32)(H,29,30)/t18-/m1/s1. The van der Waals surface area contributed by atoms with Crippen molar-refractivity contribution in [2.75, 3.05) is 25.0 Å². The van der Waals surface area contributed by atoms with Crippen LogP contribution in [0.5, 0.6) is 0 Å². The highest BCUT2D eigenvalue weighted by atomic mass is 16.2. The summed E-state index contributed by atoms with van der Waals surface area (Å²) >= 11 is 0. The molecule has 2 aromatic carbocycles. The first-order valence-electron chi connectivity index (χ1n) is 11.9. The lowest BCUT2D eigenvalue weighted by atomic mass is 10.0. The van der Waals surface area contributed by atoms with Crippen molar-refractivity contribution in [2.45, 2.75) is 52.0 Å². The van der Waals surface area contributed by atoms with Gasteiger partial charge < -0.3 is 20.5 Å². The molecular formula is C26H33N5O2.